The maximum Gasteiger partial charge on any atom is 0.116 e. The van der Waals surface area contributed by atoms with Crippen molar-refractivity contribution in [1.29, 1.82) is 0 Å². The number of pyridine rings is 1. The van der Waals surface area contributed by atoms with Gasteiger partial charge in [0.05, 0.1) is 35.0 Å². The van der Waals surface area contributed by atoms with Crippen molar-refractivity contribution in [3.63, 3.8) is 0 Å². The fourth-order valence-electron chi connectivity index (χ4n) is 4.48. The first-order chi connectivity index (χ1) is 16.0. The van der Waals surface area contributed by atoms with Crippen molar-refractivity contribution < 1.29 is 0 Å². The molecule has 1 fully saturated rings. The number of nitrogens with one attached hydrogen (secondary N) is 2. The van der Waals surface area contributed by atoms with Crippen LogP contribution in [0.4, 0.5) is 0 Å². The van der Waals surface area contributed by atoms with Gasteiger partial charge in [-0.1, -0.05) is 12.7 Å². The summed E-state index contributed by atoms with van der Waals surface area (Å²) in [6.07, 6.45) is 7.69. The Bertz CT molecular complexity index is 1340. The molecule has 2 N–H and O–H groups in total. The van der Waals surface area contributed by atoms with Crippen molar-refractivity contribution in [2.45, 2.75) is 13.8 Å². The van der Waals surface area contributed by atoms with Gasteiger partial charge in [-0.25, -0.2) is 4.98 Å². The lowest BCUT2D eigenvalue weighted by molar-refractivity contribution is 0.207. The van der Waals surface area contributed by atoms with Gasteiger partial charge in [-0.3, -0.25) is 10.1 Å². The Kier molecular flexibility index (Phi) is 5.38. The molecule has 0 amide bonds. The van der Waals surface area contributed by atoms with Gasteiger partial charge in [0.2, 0.25) is 0 Å². The van der Waals surface area contributed by atoms with E-state index in [-0.39, 0.29) is 0 Å². The SMILES string of the molecule is C=C/C=C(\c1cc(-c2n[nH]c3cnc(-c4cnc(C)n4C)cc23)[nH]c1C)N1CCN(C)CC1. The molecule has 5 heterocycles. The van der Waals surface area contributed by atoms with Crippen molar-refractivity contribution in [2.75, 3.05) is 33.2 Å². The van der Waals surface area contributed by atoms with E-state index in [4.69, 9.17) is 0 Å². The van der Waals surface area contributed by atoms with Crippen LogP contribution in [0.5, 0.6) is 0 Å². The molecule has 0 bridgehead atoms. The molecule has 33 heavy (non-hydrogen) atoms. The zero-order valence-corrected chi connectivity index (χ0v) is 19.7. The van der Waals surface area contributed by atoms with E-state index < -0.39 is 0 Å². The van der Waals surface area contributed by atoms with Crippen LogP contribution in [0.2, 0.25) is 0 Å². The van der Waals surface area contributed by atoms with E-state index in [1.165, 1.54) is 11.3 Å². The lowest BCUT2D eigenvalue weighted by Gasteiger charge is -2.35. The molecule has 0 saturated carbocycles. The van der Waals surface area contributed by atoms with E-state index in [1.807, 2.05) is 37.0 Å². The van der Waals surface area contributed by atoms with Crippen LogP contribution in [0, 0.1) is 13.8 Å². The highest BCUT2D eigenvalue weighted by atomic mass is 15.3. The fourth-order valence-corrected chi connectivity index (χ4v) is 4.48. The largest absolute Gasteiger partial charge is 0.368 e. The molecule has 1 aliphatic rings. The van der Waals surface area contributed by atoms with E-state index in [0.717, 1.165) is 71.4 Å². The summed E-state index contributed by atoms with van der Waals surface area (Å²) < 4.78 is 2.05. The molecule has 4 aromatic rings. The van der Waals surface area contributed by atoms with Crippen molar-refractivity contribution in [3.8, 4) is 22.8 Å². The summed E-state index contributed by atoms with van der Waals surface area (Å²) >= 11 is 0. The summed E-state index contributed by atoms with van der Waals surface area (Å²) in [5.74, 6) is 0.953. The molecule has 1 aliphatic heterocycles. The highest BCUT2D eigenvalue weighted by Crippen LogP contribution is 2.33. The number of rotatable bonds is 5. The molecular formula is C25H30N8. The third-order valence-electron chi connectivity index (χ3n) is 6.60. The number of piperazine rings is 1. The van der Waals surface area contributed by atoms with E-state index in [0.29, 0.717) is 0 Å². The van der Waals surface area contributed by atoms with E-state index >= 15 is 0 Å². The standard InChI is InChI=1S/C25H30N8/c1-6-7-23(33-10-8-31(4)9-11-33)18-12-21(28-16(18)2)25-19-13-20(27-14-22(19)29-30-25)24-15-26-17(3)32(24)5/h6-7,12-15,28H,1,8-11H2,2-5H3,(H,29,30)/b23-7+. The maximum absolute atomic E-state index is 4.63. The van der Waals surface area contributed by atoms with E-state index in [2.05, 4.69) is 73.7 Å². The zero-order chi connectivity index (χ0) is 23.1. The summed E-state index contributed by atoms with van der Waals surface area (Å²) in [6.45, 7) is 12.2. The lowest BCUT2D eigenvalue weighted by Crippen LogP contribution is -2.43. The number of imidazole rings is 1. The minimum atomic E-state index is 0.876. The summed E-state index contributed by atoms with van der Waals surface area (Å²) in [7, 11) is 4.18. The molecule has 0 atom stereocenters. The molecule has 0 unspecified atom stereocenters. The maximum atomic E-state index is 4.63. The number of fused-ring (bicyclic) bond motifs is 1. The average molecular weight is 443 g/mol. The topological polar surface area (TPSA) is 81.7 Å². The Labute approximate surface area is 193 Å². The number of hydrogen-bond donors (Lipinski definition) is 2. The molecule has 8 heteroatoms. The Morgan fingerprint density at radius 3 is 2.55 bits per heavy atom. The minimum Gasteiger partial charge on any atom is -0.368 e. The van der Waals surface area contributed by atoms with Gasteiger partial charge < -0.3 is 19.4 Å². The predicted molar refractivity (Wildman–Crippen MR) is 133 cm³/mol. The van der Waals surface area contributed by atoms with Gasteiger partial charge in [0.15, 0.2) is 0 Å². The Balaban J connectivity index is 1.55. The van der Waals surface area contributed by atoms with Gasteiger partial charge in [0.1, 0.15) is 11.5 Å². The van der Waals surface area contributed by atoms with Gasteiger partial charge >= 0.3 is 0 Å². The normalized spacial score (nSPS) is 15.5. The van der Waals surface area contributed by atoms with Crippen molar-refractivity contribution in [2.24, 2.45) is 7.05 Å². The van der Waals surface area contributed by atoms with Gasteiger partial charge in [-0.15, -0.1) is 0 Å². The second-order valence-electron chi connectivity index (χ2n) is 8.74. The highest BCUT2D eigenvalue weighted by Gasteiger charge is 2.21. The average Bonchev–Trinajstić information content (AvgIpc) is 3.50. The van der Waals surface area contributed by atoms with Crippen LogP contribution in [0.15, 0.2) is 43.3 Å². The minimum absolute atomic E-state index is 0.876. The number of hydrogen-bond acceptors (Lipinski definition) is 5. The van der Waals surface area contributed by atoms with Crippen LogP contribution in [-0.2, 0) is 7.05 Å². The first-order valence-electron chi connectivity index (χ1n) is 11.3. The van der Waals surface area contributed by atoms with Crippen molar-refractivity contribution >= 4 is 16.6 Å². The van der Waals surface area contributed by atoms with E-state index in [9.17, 15) is 0 Å². The first-order valence-corrected chi connectivity index (χ1v) is 11.3. The fraction of sp³-hybridized carbons (Fsp3) is 0.320. The molecule has 0 radical (unpaired) electrons. The van der Waals surface area contributed by atoms with Gasteiger partial charge in [-0.2, -0.15) is 5.10 Å². The molecule has 0 spiro atoms. The molecule has 1 saturated heterocycles. The summed E-state index contributed by atoms with van der Waals surface area (Å²) in [4.78, 5) is 17.4. The van der Waals surface area contributed by atoms with Crippen molar-refractivity contribution in [3.05, 3.63) is 60.3 Å². The first kappa shape index (κ1) is 21.2. The number of aromatic nitrogens is 6. The molecule has 170 valence electrons. The van der Waals surface area contributed by atoms with Gasteiger partial charge in [0.25, 0.3) is 0 Å². The smallest absolute Gasteiger partial charge is 0.116 e. The molecular weight excluding hydrogens is 412 g/mol. The highest BCUT2D eigenvalue weighted by molar-refractivity contribution is 5.94. The second-order valence-corrected chi connectivity index (χ2v) is 8.74. The van der Waals surface area contributed by atoms with Gasteiger partial charge in [-0.05, 0) is 39.1 Å². The lowest BCUT2D eigenvalue weighted by atomic mass is 10.1. The molecule has 0 aliphatic carbocycles. The predicted octanol–water partition coefficient (Wildman–Crippen LogP) is 3.74. The summed E-state index contributed by atoms with van der Waals surface area (Å²) in [5.41, 5.74) is 8.13. The Hall–Kier alpha value is -3.65. The number of aromatic amines is 2. The quantitative estimate of drug-likeness (QED) is 0.460. The Morgan fingerprint density at radius 2 is 1.85 bits per heavy atom. The number of H-pyrrole nitrogens is 2. The zero-order valence-electron chi connectivity index (χ0n) is 19.7. The van der Waals surface area contributed by atoms with E-state index in [1.54, 1.807) is 0 Å². The molecule has 5 rings (SSSR count). The van der Waals surface area contributed by atoms with Crippen LogP contribution in [0.25, 0.3) is 39.4 Å². The summed E-state index contributed by atoms with van der Waals surface area (Å²) in [6, 6.07) is 4.29. The molecule has 4 aromatic heterocycles. The van der Waals surface area contributed by atoms with Crippen LogP contribution >= 0.6 is 0 Å². The number of nitrogens with zero attached hydrogens (tertiary/aromatic N) is 6. The third kappa shape index (κ3) is 3.76. The van der Waals surface area contributed by atoms with Crippen LogP contribution < -0.4 is 0 Å². The monoisotopic (exact) mass is 442 g/mol. The number of allylic oxidation sites excluding steroid dienone is 2. The van der Waals surface area contributed by atoms with Crippen LogP contribution in [0.1, 0.15) is 17.1 Å². The Morgan fingerprint density at radius 1 is 1.06 bits per heavy atom. The van der Waals surface area contributed by atoms with Gasteiger partial charge in [0, 0.05) is 55.6 Å². The number of aryl methyl sites for hydroxylation is 2. The summed E-state index contributed by atoms with van der Waals surface area (Å²) in [5, 5.41) is 8.79. The second kappa shape index (κ2) is 8.37. The van der Waals surface area contributed by atoms with Crippen LogP contribution in [-0.4, -0.2) is 72.7 Å². The third-order valence-corrected chi connectivity index (χ3v) is 6.60. The van der Waals surface area contributed by atoms with Crippen LogP contribution in [0.3, 0.4) is 0 Å². The van der Waals surface area contributed by atoms with Crippen molar-refractivity contribution in [1.82, 2.24) is 39.5 Å². The number of likely N-dealkylation sites (N-methyl/N-ethyl adjacent to an activating group) is 1. The molecule has 0 aromatic carbocycles. The molecule has 8 nitrogen and oxygen atoms in total.